The zero-order chi connectivity index (χ0) is 21.1. The molecule has 160 valence electrons. The van der Waals surface area contributed by atoms with E-state index in [0.29, 0.717) is 5.69 Å². The average molecular weight is 414 g/mol. The van der Waals surface area contributed by atoms with Crippen LogP contribution in [0.4, 0.5) is 27.5 Å². The monoisotopic (exact) mass is 413 g/mol. The minimum Gasteiger partial charge on any atom is -0.365 e. The van der Waals surface area contributed by atoms with E-state index in [9.17, 15) is 9.18 Å². The predicted molar refractivity (Wildman–Crippen MR) is 116 cm³/mol. The summed E-state index contributed by atoms with van der Waals surface area (Å²) in [5, 5.41) is 6.17. The van der Waals surface area contributed by atoms with Gasteiger partial charge >= 0.3 is 0 Å². The number of hydrogen-bond acceptors (Lipinski definition) is 7. The van der Waals surface area contributed by atoms with Crippen molar-refractivity contribution >= 4 is 29.0 Å². The summed E-state index contributed by atoms with van der Waals surface area (Å²) in [7, 11) is 0. The Hall–Kier alpha value is -2.94. The van der Waals surface area contributed by atoms with Crippen molar-refractivity contribution in [2.24, 2.45) is 11.5 Å². The number of hydrogen-bond donors (Lipinski definition) is 4. The molecule has 1 aliphatic heterocycles. The summed E-state index contributed by atoms with van der Waals surface area (Å²) >= 11 is 0. The molecular weight excluding hydrogens is 385 g/mol. The first-order chi connectivity index (χ1) is 14.5. The van der Waals surface area contributed by atoms with E-state index in [-0.39, 0.29) is 29.3 Å². The van der Waals surface area contributed by atoms with Crippen molar-refractivity contribution in [1.29, 1.82) is 0 Å². The Morgan fingerprint density at radius 1 is 1.13 bits per heavy atom. The van der Waals surface area contributed by atoms with Gasteiger partial charge in [-0.1, -0.05) is 12.8 Å². The Balaban J connectivity index is 1.56. The zero-order valence-electron chi connectivity index (χ0n) is 16.9. The summed E-state index contributed by atoms with van der Waals surface area (Å²) in [5.74, 6) is -0.229. The van der Waals surface area contributed by atoms with Gasteiger partial charge in [0, 0.05) is 25.2 Å². The minimum absolute atomic E-state index is 0.0189. The quantitative estimate of drug-likeness (QED) is 0.574. The lowest BCUT2D eigenvalue weighted by Crippen LogP contribution is -2.43. The molecule has 4 rings (SSSR count). The van der Waals surface area contributed by atoms with Gasteiger partial charge in [0.05, 0.1) is 17.4 Å². The summed E-state index contributed by atoms with van der Waals surface area (Å²) in [4.78, 5) is 22.9. The topological polar surface area (TPSA) is 122 Å². The lowest BCUT2D eigenvalue weighted by Gasteiger charge is -2.30. The second-order valence-corrected chi connectivity index (χ2v) is 8.00. The maximum atomic E-state index is 14.6. The highest BCUT2D eigenvalue weighted by Gasteiger charge is 2.24. The number of carbonyl (C=O) groups excluding carboxylic acids is 1. The van der Waals surface area contributed by atoms with Crippen LogP contribution in [-0.4, -0.2) is 41.0 Å². The molecule has 1 aliphatic carbocycles. The smallest absolute Gasteiger partial charge is 0.252 e. The number of rotatable bonds is 6. The number of amides is 1. The van der Waals surface area contributed by atoms with Crippen molar-refractivity contribution in [1.82, 2.24) is 9.97 Å². The maximum absolute atomic E-state index is 14.6. The van der Waals surface area contributed by atoms with Gasteiger partial charge in [-0.15, -0.1) is 0 Å². The van der Waals surface area contributed by atoms with Gasteiger partial charge in [-0.25, -0.2) is 14.4 Å². The third kappa shape index (κ3) is 4.46. The second-order valence-electron chi connectivity index (χ2n) is 8.00. The summed E-state index contributed by atoms with van der Waals surface area (Å²) in [6.45, 7) is 2.01. The Morgan fingerprint density at radius 3 is 2.57 bits per heavy atom. The highest BCUT2D eigenvalue weighted by atomic mass is 19.1. The molecule has 6 N–H and O–H groups in total. The molecule has 1 amide bonds. The van der Waals surface area contributed by atoms with Crippen LogP contribution in [0, 0.1) is 5.82 Å². The van der Waals surface area contributed by atoms with Gasteiger partial charge in [0.25, 0.3) is 5.91 Å². The first-order valence-electron chi connectivity index (χ1n) is 10.5. The van der Waals surface area contributed by atoms with Gasteiger partial charge < -0.3 is 27.0 Å². The van der Waals surface area contributed by atoms with Crippen LogP contribution in [0.5, 0.6) is 0 Å². The first kappa shape index (κ1) is 20.3. The van der Waals surface area contributed by atoms with Crippen LogP contribution in [0.3, 0.4) is 0 Å². The number of nitrogens with zero attached hydrogens (tertiary/aromatic N) is 3. The average Bonchev–Trinajstić information content (AvgIpc) is 3.27. The van der Waals surface area contributed by atoms with E-state index in [0.717, 1.165) is 50.7 Å². The molecule has 2 atom stereocenters. The van der Waals surface area contributed by atoms with Crippen LogP contribution in [0.25, 0.3) is 0 Å². The highest BCUT2D eigenvalue weighted by Crippen LogP contribution is 2.27. The second kappa shape index (κ2) is 8.83. The fourth-order valence-corrected chi connectivity index (χ4v) is 4.12. The number of nitrogens with one attached hydrogen (secondary N) is 2. The molecule has 0 radical (unpaired) electrons. The standard InChI is InChI=1S/C21H28FN7O/c22-15-11-14(19(24)30)20(28-21(15)27-17-6-2-1-5-16(17)23)26-13-7-8-18(25-12-13)29-9-3-4-10-29/h7-8,11-12,16-17H,1-6,9-10,23H2,(H2,24,30)(H2,26,27,28)/t16-,17?/m0/s1. The predicted octanol–water partition coefficient (Wildman–Crippen LogP) is 2.74. The first-order valence-corrected chi connectivity index (χ1v) is 10.5. The normalized spacial score (nSPS) is 21.5. The molecule has 0 bridgehead atoms. The van der Waals surface area contributed by atoms with Crippen LogP contribution in [0.1, 0.15) is 48.9 Å². The van der Waals surface area contributed by atoms with E-state index in [1.165, 1.54) is 12.8 Å². The van der Waals surface area contributed by atoms with Gasteiger partial charge in [0.1, 0.15) is 11.6 Å². The summed E-state index contributed by atoms with van der Waals surface area (Å²) in [6.07, 6.45) is 7.86. The SMILES string of the molecule is NC(=O)c1cc(F)c(NC2CCCC[C@@H]2N)nc1Nc1ccc(N2CCCC2)nc1. The summed E-state index contributed by atoms with van der Waals surface area (Å²) < 4.78 is 14.6. The Kier molecular flexibility index (Phi) is 5.98. The molecule has 2 aliphatic rings. The van der Waals surface area contributed by atoms with Gasteiger partial charge in [0.15, 0.2) is 11.6 Å². The van der Waals surface area contributed by atoms with Crippen molar-refractivity contribution in [2.45, 2.75) is 50.6 Å². The van der Waals surface area contributed by atoms with Crippen LogP contribution in [-0.2, 0) is 0 Å². The van der Waals surface area contributed by atoms with Gasteiger partial charge in [0.2, 0.25) is 0 Å². The number of carbonyl (C=O) groups is 1. The molecule has 2 aromatic rings. The number of nitrogens with two attached hydrogens (primary N) is 2. The summed E-state index contributed by atoms with van der Waals surface area (Å²) in [5.41, 5.74) is 12.2. The van der Waals surface area contributed by atoms with Crippen LogP contribution in [0.2, 0.25) is 0 Å². The molecule has 1 saturated heterocycles. The lowest BCUT2D eigenvalue weighted by molar-refractivity contribution is 0.100. The molecule has 8 nitrogen and oxygen atoms in total. The van der Waals surface area contributed by atoms with Crippen LogP contribution >= 0.6 is 0 Å². The van der Waals surface area contributed by atoms with E-state index in [1.54, 1.807) is 6.20 Å². The molecule has 0 spiro atoms. The van der Waals surface area contributed by atoms with E-state index in [1.807, 2.05) is 12.1 Å². The largest absolute Gasteiger partial charge is 0.365 e. The molecule has 2 aromatic heterocycles. The maximum Gasteiger partial charge on any atom is 0.252 e. The third-order valence-corrected chi connectivity index (χ3v) is 5.82. The highest BCUT2D eigenvalue weighted by molar-refractivity contribution is 5.98. The van der Waals surface area contributed by atoms with Crippen molar-refractivity contribution in [3.05, 3.63) is 35.8 Å². The minimum atomic E-state index is -0.758. The van der Waals surface area contributed by atoms with Gasteiger partial charge in [-0.3, -0.25) is 4.79 Å². The molecule has 1 saturated carbocycles. The summed E-state index contributed by atoms with van der Waals surface area (Å²) in [6, 6.07) is 4.77. The Bertz CT molecular complexity index is 899. The molecule has 0 aromatic carbocycles. The molecule has 30 heavy (non-hydrogen) atoms. The molecular formula is C21H28FN7O. The van der Waals surface area contributed by atoms with E-state index >= 15 is 0 Å². The number of pyridine rings is 2. The zero-order valence-corrected chi connectivity index (χ0v) is 16.9. The Labute approximate surface area is 175 Å². The van der Waals surface area contributed by atoms with Crippen molar-refractivity contribution < 1.29 is 9.18 Å². The van der Waals surface area contributed by atoms with Gasteiger partial charge in [-0.05, 0) is 43.9 Å². The van der Waals surface area contributed by atoms with Crippen molar-refractivity contribution in [3.63, 3.8) is 0 Å². The fraction of sp³-hybridized carbons (Fsp3) is 0.476. The molecule has 2 fully saturated rings. The van der Waals surface area contributed by atoms with Crippen molar-refractivity contribution in [2.75, 3.05) is 28.6 Å². The fourth-order valence-electron chi connectivity index (χ4n) is 4.12. The number of anilines is 4. The molecule has 9 heteroatoms. The number of primary amides is 1. The van der Waals surface area contributed by atoms with Gasteiger partial charge in [-0.2, -0.15) is 0 Å². The van der Waals surface area contributed by atoms with E-state index in [4.69, 9.17) is 11.5 Å². The molecule has 1 unspecified atom stereocenters. The number of halogens is 1. The van der Waals surface area contributed by atoms with E-state index in [2.05, 4.69) is 25.5 Å². The lowest BCUT2D eigenvalue weighted by atomic mass is 9.91. The van der Waals surface area contributed by atoms with E-state index < -0.39 is 11.7 Å². The molecule has 3 heterocycles. The van der Waals surface area contributed by atoms with Crippen LogP contribution in [0.15, 0.2) is 24.4 Å². The Morgan fingerprint density at radius 2 is 1.90 bits per heavy atom. The van der Waals surface area contributed by atoms with Crippen LogP contribution < -0.4 is 27.0 Å². The third-order valence-electron chi connectivity index (χ3n) is 5.82. The van der Waals surface area contributed by atoms with Crippen molar-refractivity contribution in [3.8, 4) is 0 Å². The number of aromatic nitrogens is 2.